The summed E-state index contributed by atoms with van der Waals surface area (Å²) in [5.74, 6) is 0.240. The van der Waals surface area contributed by atoms with E-state index in [2.05, 4.69) is 4.72 Å². The predicted molar refractivity (Wildman–Crippen MR) is 58.9 cm³/mol. The first-order chi connectivity index (χ1) is 7.31. The average Bonchev–Trinajstić information content (AvgIpc) is 2.15. The maximum absolute atomic E-state index is 11.6. The van der Waals surface area contributed by atoms with Gasteiger partial charge in [0.05, 0.1) is 15.7 Å². The molecule has 2 rings (SSSR count). The van der Waals surface area contributed by atoms with Crippen molar-refractivity contribution in [2.45, 2.75) is 14.7 Å². The van der Waals surface area contributed by atoms with Gasteiger partial charge in [-0.15, -0.1) is 11.8 Å². The zero-order chi connectivity index (χ0) is 12.0. The van der Waals surface area contributed by atoms with Crippen molar-refractivity contribution in [1.29, 1.82) is 0 Å². The lowest BCUT2D eigenvalue weighted by Crippen LogP contribution is -2.27. The van der Waals surface area contributed by atoms with Crippen molar-refractivity contribution in [3.8, 4) is 0 Å². The first-order valence-corrected chi connectivity index (χ1v) is 8.11. The summed E-state index contributed by atoms with van der Waals surface area (Å²) in [6.07, 6.45) is 0. The zero-order valence-electron chi connectivity index (χ0n) is 7.87. The molecule has 1 aromatic carbocycles. The molecule has 6 nitrogen and oxygen atoms in total. The van der Waals surface area contributed by atoms with Gasteiger partial charge in [0.1, 0.15) is 0 Å². The second kappa shape index (κ2) is 3.70. The number of fused-ring (bicyclic) bond motifs is 1. The highest BCUT2D eigenvalue weighted by Crippen LogP contribution is 2.31. The van der Waals surface area contributed by atoms with Gasteiger partial charge in [0.2, 0.25) is 20.0 Å². The van der Waals surface area contributed by atoms with E-state index < -0.39 is 20.0 Å². The quantitative estimate of drug-likeness (QED) is 0.733. The molecule has 0 aliphatic carbocycles. The van der Waals surface area contributed by atoms with Crippen LogP contribution in [0.4, 0.5) is 0 Å². The van der Waals surface area contributed by atoms with Gasteiger partial charge in [-0.3, -0.25) is 0 Å². The molecule has 0 fully saturated rings. The van der Waals surface area contributed by atoms with Gasteiger partial charge < -0.3 is 0 Å². The molecule has 88 valence electrons. The van der Waals surface area contributed by atoms with Crippen LogP contribution >= 0.6 is 11.8 Å². The highest BCUT2D eigenvalue weighted by atomic mass is 32.2. The van der Waals surface area contributed by atoms with E-state index in [1.54, 1.807) is 0 Å². The van der Waals surface area contributed by atoms with Crippen LogP contribution < -0.4 is 9.86 Å². The van der Waals surface area contributed by atoms with Gasteiger partial charge in [0.15, 0.2) is 0 Å². The molecule has 0 amide bonds. The van der Waals surface area contributed by atoms with Crippen molar-refractivity contribution in [2.75, 3.05) is 5.88 Å². The third kappa shape index (κ3) is 2.09. The first kappa shape index (κ1) is 11.9. The van der Waals surface area contributed by atoms with Gasteiger partial charge in [-0.1, -0.05) is 0 Å². The van der Waals surface area contributed by atoms with Crippen LogP contribution in [-0.2, 0) is 20.0 Å². The number of nitrogens with one attached hydrogen (secondary N) is 1. The molecule has 0 aromatic heterocycles. The number of sulfonamides is 2. The van der Waals surface area contributed by atoms with Gasteiger partial charge >= 0.3 is 0 Å². The smallest absolute Gasteiger partial charge is 0.225 e. The highest BCUT2D eigenvalue weighted by molar-refractivity contribution is 8.02. The summed E-state index contributed by atoms with van der Waals surface area (Å²) in [7, 11) is -7.50. The number of primary sulfonamides is 1. The van der Waals surface area contributed by atoms with E-state index in [0.29, 0.717) is 4.90 Å². The Balaban J connectivity index is 2.70. The van der Waals surface area contributed by atoms with Crippen LogP contribution in [0.2, 0.25) is 0 Å². The van der Waals surface area contributed by atoms with Crippen LogP contribution in [0.1, 0.15) is 0 Å². The molecule has 1 aliphatic heterocycles. The molecule has 3 N–H and O–H groups in total. The van der Waals surface area contributed by atoms with Gasteiger partial charge in [-0.25, -0.2) is 26.7 Å². The van der Waals surface area contributed by atoms with Crippen molar-refractivity contribution in [1.82, 2.24) is 4.72 Å². The number of rotatable bonds is 1. The Hall–Kier alpha value is -0.610. The van der Waals surface area contributed by atoms with Crippen molar-refractivity contribution >= 4 is 31.8 Å². The van der Waals surface area contributed by atoms with E-state index in [1.807, 2.05) is 0 Å². The summed E-state index contributed by atoms with van der Waals surface area (Å²) in [5.41, 5.74) is 0. The molecule has 0 bridgehead atoms. The topological polar surface area (TPSA) is 106 Å². The molecule has 9 heteroatoms. The number of hydrogen-bond acceptors (Lipinski definition) is 5. The minimum atomic E-state index is -3.89. The fourth-order valence-corrected chi connectivity index (χ4v) is 4.53. The predicted octanol–water partition coefficient (Wildman–Crippen LogP) is -0.324. The van der Waals surface area contributed by atoms with Crippen LogP contribution in [-0.4, -0.2) is 22.7 Å². The SMILES string of the molecule is NS(=O)(=O)c1ccc2c(c1)S(=O)(=O)NCS2. The van der Waals surface area contributed by atoms with Crippen LogP contribution in [0.15, 0.2) is 32.9 Å². The third-order valence-electron chi connectivity index (χ3n) is 2.01. The standard InChI is InChI=1S/C7H8N2O4S3/c8-15(10,11)5-1-2-6-7(3-5)16(12,13)9-4-14-6/h1-3,9H,4H2,(H2,8,10,11). The molecule has 1 aromatic rings. The number of hydrogen-bond donors (Lipinski definition) is 2. The summed E-state index contributed by atoms with van der Waals surface area (Å²) >= 11 is 1.28. The number of nitrogens with two attached hydrogens (primary N) is 1. The Morgan fingerprint density at radius 2 is 2.06 bits per heavy atom. The Kier molecular flexibility index (Phi) is 2.75. The van der Waals surface area contributed by atoms with Crippen molar-refractivity contribution in [3.63, 3.8) is 0 Å². The lowest BCUT2D eigenvalue weighted by Gasteiger charge is -2.16. The summed E-state index contributed by atoms with van der Waals surface area (Å²) in [6.45, 7) is 0. The zero-order valence-corrected chi connectivity index (χ0v) is 10.3. The van der Waals surface area contributed by atoms with Crippen LogP contribution in [0.5, 0.6) is 0 Å². The van der Waals surface area contributed by atoms with Gasteiger partial charge in [-0.2, -0.15) is 0 Å². The van der Waals surface area contributed by atoms with E-state index in [9.17, 15) is 16.8 Å². The average molecular weight is 280 g/mol. The van der Waals surface area contributed by atoms with E-state index in [1.165, 1.54) is 23.9 Å². The molecule has 0 saturated heterocycles. The third-order valence-corrected chi connectivity index (χ3v) is 5.63. The Bertz CT molecular complexity index is 636. The molecule has 1 aliphatic rings. The molecular formula is C7H8N2O4S3. The largest absolute Gasteiger partial charge is 0.242 e. The van der Waals surface area contributed by atoms with Gasteiger partial charge in [-0.05, 0) is 18.2 Å². The Morgan fingerprint density at radius 3 is 2.69 bits per heavy atom. The fourth-order valence-electron chi connectivity index (χ4n) is 1.26. The monoisotopic (exact) mass is 280 g/mol. The van der Waals surface area contributed by atoms with E-state index >= 15 is 0 Å². The fraction of sp³-hybridized carbons (Fsp3) is 0.143. The molecule has 1 heterocycles. The minimum Gasteiger partial charge on any atom is -0.225 e. The van der Waals surface area contributed by atoms with Gasteiger partial charge in [0.25, 0.3) is 0 Å². The lowest BCUT2D eigenvalue weighted by molar-refractivity contribution is 0.583. The van der Waals surface area contributed by atoms with Crippen molar-refractivity contribution in [3.05, 3.63) is 18.2 Å². The first-order valence-electron chi connectivity index (χ1n) is 4.10. The Morgan fingerprint density at radius 1 is 1.38 bits per heavy atom. The van der Waals surface area contributed by atoms with E-state index in [4.69, 9.17) is 5.14 Å². The molecule has 16 heavy (non-hydrogen) atoms. The van der Waals surface area contributed by atoms with E-state index in [0.717, 1.165) is 6.07 Å². The highest BCUT2D eigenvalue weighted by Gasteiger charge is 2.25. The van der Waals surface area contributed by atoms with Crippen LogP contribution in [0.3, 0.4) is 0 Å². The second-order valence-electron chi connectivity index (χ2n) is 3.09. The lowest BCUT2D eigenvalue weighted by atomic mass is 10.4. The van der Waals surface area contributed by atoms with E-state index in [-0.39, 0.29) is 15.7 Å². The molecule has 0 saturated carbocycles. The summed E-state index contributed by atoms with van der Waals surface area (Å²) in [4.78, 5) is 0.264. The molecular weight excluding hydrogens is 272 g/mol. The summed E-state index contributed by atoms with van der Waals surface area (Å²) in [6, 6.07) is 3.80. The van der Waals surface area contributed by atoms with Crippen LogP contribution in [0.25, 0.3) is 0 Å². The molecule has 0 atom stereocenters. The minimum absolute atomic E-state index is 0.0460. The van der Waals surface area contributed by atoms with Crippen LogP contribution in [0, 0.1) is 0 Å². The molecule has 0 spiro atoms. The summed E-state index contributed by atoms with van der Waals surface area (Å²) in [5, 5.41) is 4.93. The number of thioether (sulfide) groups is 1. The Labute approximate surface area is 97.3 Å². The second-order valence-corrected chi connectivity index (χ2v) is 7.40. The maximum atomic E-state index is 11.6. The molecule has 0 radical (unpaired) electrons. The normalized spacial score (nSPS) is 19.1. The summed E-state index contributed by atoms with van der Waals surface area (Å²) < 4.78 is 47.6. The van der Waals surface area contributed by atoms with Gasteiger partial charge in [0, 0.05) is 4.90 Å². The molecule has 0 unspecified atom stereocenters. The van der Waals surface area contributed by atoms with Crippen molar-refractivity contribution < 1.29 is 16.8 Å². The number of benzene rings is 1. The maximum Gasteiger partial charge on any atom is 0.242 e. The van der Waals surface area contributed by atoms with Crippen molar-refractivity contribution in [2.24, 2.45) is 5.14 Å².